The van der Waals surface area contributed by atoms with Crippen LogP contribution < -0.4 is 5.73 Å². The molecule has 70 valence electrons. The number of benzene rings is 1. The van der Waals surface area contributed by atoms with Gasteiger partial charge in [0.25, 0.3) is 0 Å². The zero-order valence-corrected chi connectivity index (χ0v) is 7.30. The second-order valence-electron chi connectivity index (χ2n) is 2.50. The molecule has 0 amide bonds. The van der Waals surface area contributed by atoms with E-state index >= 15 is 0 Å². The first kappa shape index (κ1) is 9.98. The average molecular weight is 205 g/mol. The lowest BCUT2D eigenvalue weighted by molar-refractivity contribution is 0.491. The first-order chi connectivity index (χ1) is 6.00. The van der Waals surface area contributed by atoms with Crippen LogP contribution in [0, 0.1) is 17.5 Å². The molecule has 1 aromatic rings. The number of halogens is 3. The summed E-state index contributed by atoms with van der Waals surface area (Å²) < 4.78 is 37.9. The van der Waals surface area contributed by atoms with Gasteiger partial charge in [0.15, 0.2) is 11.6 Å². The summed E-state index contributed by atoms with van der Waals surface area (Å²) in [7, 11) is 0. The fourth-order valence-corrected chi connectivity index (χ4v) is 1.04. The van der Waals surface area contributed by atoms with Crippen LogP contribution in [0.25, 0.3) is 0 Å². The second-order valence-corrected chi connectivity index (χ2v) is 3.03. The van der Waals surface area contributed by atoms with E-state index in [0.29, 0.717) is 6.07 Å². The Balaban J connectivity index is 3.08. The molecule has 0 fully saturated rings. The Morgan fingerprint density at radius 2 is 1.69 bits per heavy atom. The normalized spacial score (nSPS) is 10.1. The molecule has 0 aromatic heterocycles. The van der Waals surface area contributed by atoms with Crippen molar-refractivity contribution in [3.8, 4) is 0 Å². The van der Waals surface area contributed by atoms with E-state index in [-0.39, 0.29) is 17.0 Å². The van der Waals surface area contributed by atoms with E-state index in [1.165, 1.54) is 0 Å². The van der Waals surface area contributed by atoms with Crippen molar-refractivity contribution in [2.24, 2.45) is 5.73 Å². The first-order valence-electron chi connectivity index (χ1n) is 3.42. The van der Waals surface area contributed by atoms with Crippen molar-refractivity contribution >= 4 is 17.2 Å². The monoisotopic (exact) mass is 205 g/mol. The first-order valence-corrected chi connectivity index (χ1v) is 3.83. The standard InChI is InChI=1S/C8H6F3NS/c9-5-3-7(11)6(10)1-4(5)2-8(12)13/h1,3H,2H2,(H2,12,13). The zero-order valence-electron chi connectivity index (χ0n) is 6.48. The molecular weight excluding hydrogens is 199 g/mol. The molecule has 0 heterocycles. The van der Waals surface area contributed by atoms with E-state index in [4.69, 9.17) is 5.73 Å². The van der Waals surface area contributed by atoms with Crippen molar-refractivity contribution in [2.45, 2.75) is 6.42 Å². The van der Waals surface area contributed by atoms with Gasteiger partial charge in [0.05, 0.1) is 4.99 Å². The predicted molar refractivity (Wildman–Crippen MR) is 46.8 cm³/mol. The van der Waals surface area contributed by atoms with Crippen LogP contribution in [0.2, 0.25) is 0 Å². The van der Waals surface area contributed by atoms with E-state index in [9.17, 15) is 13.2 Å². The van der Waals surface area contributed by atoms with Crippen LogP contribution in [0.4, 0.5) is 13.2 Å². The Morgan fingerprint density at radius 1 is 1.15 bits per heavy atom. The van der Waals surface area contributed by atoms with Crippen LogP contribution in [0.1, 0.15) is 5.56 Å². The molecule has 0 spiro atoms. The summed E-state index contributed by atoms with van der Waals surface area (Å²) in [4.78, 5) is 0.0323. The molecule has 2 N–H and O–H groups in total. The van der Waals surface area contributed by atoms with Crippen LogP contribution >= 0.6 is 12.2 Å². The number of nitrogens with two attached hydrogens (primary N) is 1. The summed E-state index contributed by atoms with van der Waals surface area (Å²) in [6.07, 6.45) is -0.0711. The topological polar surface area (TPSA) is 26.0 Å². The van der Waals surface area contributed by atoms with Crippen molar-refractivity contribution in [1.29, 1.82) is 0 Å². The SMILES string of the molecule is NC(=S)Cc1cc(F)c(F)cc1F. The van der Waals surface area contributed by atoms with E-state index in [1.54, 1.807) is 0 Å². The number of rotatable bonds is 2. The molecule has 1 aromatic carbocycles. The van der Waals surface area contributed by atoms with Crippen LogP contribution in [0.5, 0.6) is 0 Å². The minimum absolute atomic E-state index is 0.0323. The van der Waals surface area contributed by atoms with Gasteiger partial charge in [0, 0.05) is 12.5 Å². The van der Waals surface area contributed by atoms with Gasteiger partial charge in [0.1, 0.15) is 5.82 Å². The zero-order chi connectivity index (χ0) is 10.0. The van der Waals surface area contributed by atoms with Crippen molar-refractivity contribution in [3.63, 3.8) is 0 Å². The third kappa shape index (κ3) is 2.42. The molecule has 1 nitrogen and oxygen atoms in total. The average Bonchev–Trinajstić information content (AvgIpc) is 1.99. The van der Waals surface area contributed by atoms with Crippen LogP contribution in [-0.2, 0) is 6.42 Å². The van der Waals surface area contributed by atoms with Gasteiger partial charge in [-0.3, -0.25) is 0 Å². The predicted octanol–water partition coefficient (Wildman–Crippen LogP) is 1.93. The summed E-state index contributed by atoms with van der Waals surface area (Å²) in [5, 5.41) is 0. The highest BCUT2D eigenvalue weighted by atomic mass is 32.1. The summed E-state index contributed by atoms with van der Waals surface area (Å²) in [6.45, 7) is 0. The van der Waals surface area contributed by atoms with Gasteiger partial charge in [0.2, 0.25) is 0 Å². The van der Waals surface area contributed by atoms with Gasteiger partial charge in [-0.25, -0.2) is 13.2 Å². The molecule has 13 heavy (non-hydrogen) atoms. The van der Waals surface area contributed by atoms with Crippen molar-refractivity contribution in [1.82, 2.24) is 0 Å². The Bertz CT molecular complexity index is 351. The molecule has 0 aliphatic carbocycles. The van der Waals surface area contributed by atoms with Gasteiger partial charge in [-0.2, -0.15) is 0 Å². The second kappa shape index (κ2) is 3.74. The van der Waals surface area contributed by atoms with Crippen LogP contribution in [0.3, 0.4) is 0 Å². The maximum Gasteiger partial charge on any atom is 0.161 e. The van der Waals surface area contributed by atoms with E-state index < -0.39 is 17.5 Å². The van der Waals surface area contributed by atoms with Gasteiger partial charge in [-0.05, 0) is 11.6 Å². The minimum atomic E-state index is -1.22. The molecule has 1 rings (SSSR count). The molecule has 0 unspecified atom stereocenters. The smallest absolute Gasteiger partial charge is 0.161 e. The summed E-state index contributed by atoms with van der Waals surface area (Å²) in [5.41, 5.74) is 5.09. The van der Waals surface area contributed by atoms with Gasteiger partial charge < -0.3 is 5.73 Å². The number of hydrogen-bond donors (Lipinski definition) is 1. The Morgan fingerprint density at radius 3 is 2.23 bits per heavy atom. The molecule has 0 saturated carbocycles. The summed E-state index contributed by atoms with van der Waals surface area (Å²) in [5.74, 6) is -3.16. The fourth-order valence-electron chi connectivity index (χ4n) is 0.887. The van der Waals surface area contributed by atoms with Crippen molar-refractivity contribution in [2.75, 3.05) is 0 Å². The third-order valence-electron chi connectivity index (χ3n) is 1.45. The maximum atomic E-state index is 12.9. The molecule has 0 atom stereocenters. The highest BCUT2D eigenvalue weighted by molar-refractivity contribution is 7.80. The lowest BCUT2D eigenvalue weighted by atomic mass is 10.1. The quantitative estimate of drug-likeness (QED) is 0.589. The number of hydrogen-bond acceptors (Lipinski definition) is 1. The summed E-state index contributed by atoms with van der Waals surface area (Å²) in [6, 6.07) is 1.23. The minimum Gasteiger partial charge on any atom is -0.393 e. The number of thiocarbonyl (C=S) groups is 1. The van der Waals surface area contributed by atoms with Crippen molar-refractivity contribution < 1.29 is 13.2 Å². The third-order valence-corrected chi connectivity index (χ3v) is 1.60. The molecule has 0 aliphatic heterocycles. The highest BCUT2D eigenvalue weighted by Gasteiger charge is 2.09. The van der Waals surface area contributed by atoms with Crippen molar-refractivity contribution in [3.05, 3.63) is 35.1 Å². The van der Waals surface area contributed by atoms with E-state index in [2.05, 4.69) is 12.2 Å². The molecule has 0 radical (unpaired) electrons. The molecule has 0 bridgehead atoms. The van der Waals surface area contributed by atoms with Crippen LogP contribution in [-0.4, -0.2) is 4.99 Å². The van der Waals surface area contributed by atoms with Gasteiger partial charge in [-0.1, -0.05) is 12.2 Å². The van der Waals surface area contributed by atoms with Gasteiger partial charge >= 0.3 is 0 Å². The lowest BCUT2D eigenvalue weighted by Crippen LogP contribution is -2.12. The molecule has 5 heteroatoms. The Hall–Kier alpha value is -1.10. The maximum absolute atomic E-state index is 12.9. The summed E-state index contributed by atoms with van der Waals surface area (Å²) >= 11 is 4.51. The van der Waals surface area contributed by atoms with E-state index in [0.717, 1.165) is 6.07 Å². The van der Waals surface area contributed by atoms with E-state index in [1.807, 2.05) is 0 Å². The Kier molecular flexibility index (Phi) is 2.87. The molecular formula is C8H6F3NS. The largest absolute Gasteiger partial charge is 0.393 e. The van der Waals surface area contributed by atoms with Gasteiger partial charge in [-0.15, -0.1) is 0 Å². The molecule has 0 saturated heterocycles. The highest BCUT2D eigenvalue weighted by Crippen LogP contribution is 2.13. The Labute approximate surface area is 78.4 Å². The fraction of sp³-hybridized carbons (Fsp3) is 0.125. The van der Waals surface area contributed by atoms with Crippen LogP contribution in [0.15, 0.2) is 12.1 Å². The molecule has 0 aliphatic rings. The lowest BCUT2D eigenvalue weighted by Gasteiger charge is -2.02.